The summed E-state index contributed by atoms with van der Waals surface area (Å²) in [6.45, 7) is 4.84. The maximum Gasteiger partial charge on any atom is 0.218 e. The van der Waals surface area contributed by atoms with Gasteiger partial charge in [-0.1, -0.05) is 30.3 Å². The zero-order valence-corrected chi connectivity index (χ0v) is 12.0. The number of hydrogen-bond donors (Lipinski definition) is 1. The first-order valence-electron chi connectivity index (χ1n) is 7.00. The van der Waals surface area contributed by atoms with E-state index in [-0.39, 0.29) is 6.10 Å². The molecule has 0 radical (unpaired) electrons. The first kappa shape index (κ1) is 14.3. The van der Waals surface area contributed by atoms with Gasteiger partial charge in [0.2, 0.25) is 5.88 Å². The number of benzene rings is 1. The van der Waals surface area contributed by atoms with Gasteiger partial charge in [-0.2, -0.15) is 0 Å². The lowest BCUT2D eigenvalue weighted by Gasteiger charge is -2.10. The van der Waals surface area contributed by atoms with Crippen LogP contribution in [-0.2, 0) is 6.42 Å². The van der Waals surface area contributed by atoms with Crippen molar-refractivity contribution in [1.82, 2.24) is 9.97 Å². The maximum atomic E-state index is 5.54. The molecule has 2 rings (SSSR count). The molecule has 20 heavy (non-hydrogen) atoms. The van der Waals surface area contributed by atoms with E-state index in [1.807, 2.05) is 26.0 Å². The molecule has 0 spiro atoms. The van der Waals surface area contributed by atoms with E-state index in [4.69, 9.17) is 4.74 Å². The predicted octanol–water partition coefficient (Wildman–Crippen LogP) is 3.31. The number of nitrogens with zero attached hydrogens (tertiary/aromatic N) is 2. The van der Waals surface area contributed by atoms with Crippen LogP contribution in [-0.4, -0.2) is 22.6 Å². The quantitative estimate of drug-likeness (QED) is 0.785. The Hall–Kier alpha value is -2.10. The molecule has 0 saturated heterocycles. The van der Waals surface area contributed by atoms with E-state index in [0.29, 0.717) is 5.88 Å². The molecule has 106 valence electrons. The Balaban J connectivity index is 1.76. The third kappa shape index (κ3) is 4.88. The fourth-order valence-corrected chi connectivity index (χ4v) is 1.90. The predicted molar refractivity (Wildman–Crippen MR) is 81.0 cm³/mol. The molecule has 0 aliphatic heterocycles. The lowest BCUT2D eigenvalue weighted by molar-refractivity contribution is 0.232. The zero-order valence-electron chi connectivity index (χ0n) is 12.0. The number of nitrogens with one attached hydrogen (secondary N) is 1. The summed E-state index contributed by atoms with van der Waals surface area (Å²) in [6, 6.07) is 12.3. The van der Waals surface area contributed by atoms with E-state index in [1.54, 1.807) is 0 Å². The molecular weight excluding hydrogens is 250 g/mol. The van der Waals surface area contributed by atoms with Crippen molar-refractivity contribution in [2.75, 3.05) is 11.9 Å². The van der Waals surface area contributed by atoms with Crippen LogP contribution in [0.5, 0.6) is 5.88 Å². The van der Waals surface area contributed by atoms with Crippen LogP contribution in [0.3, 0.4) is 0 Å². The highest BCUT2D eigenvalue weighted by Gasteiger charge is 2.01. The Morgan fingerprint density at radius 2 is 1.95 bits per heavy atom. The summed E-state index contributed by atoms with van der Waals surface area (Å²) >= 11 is 0. The van der Waals surface area contributed by atoms with Crippen molar-refractivity contribution in [1.29, 1.82) is 0 Å². The summed E-state index contributed by atoms with van der Waals surface area (Å²) in [5.41, 5.74) is 1.36. The van der Waals surface area contributed by atoms with Crippen LogP contribution in [0.25, 0.3) is 0 Å². The van der Waals surface area contributed by atoms with Crippen LogP contribution < -0.4 is 10.1 Å². The third-order valence-electron chi connectivity index (χ3n) is 2.79. The minimum atomic E-state index is 0.121. The summed E-state index contributed by atoms with van der Waals surface area (Å²) in [5, 5.41) is 3.30. The summed E-state index contributed by atoms with van der Waals surface area (Å²) in [6.07, 6.45) is 3.77. The molecule has 1 heterocycles. The Kier molecular flexibility index (Phi) is 5.35. The van der Waals surface area contributed by atoms with Gasteiger partial charge in [0.05, 0.1) is 6.10 Å². The van der Waals surface area contributed by atoms with Crippen LogP contribution >= 0.6 is 0 Å². The van der Waals surface area contributed by atoms with Gasteiger partial charge in [0, 0.05) is 12.6 Å². The van der Waals surface area contributed by atoms with Gasteiger partial charge < -0.3 is 10.1 Å². The second-order valence-corrected chi connectivity index (χ2v) is 4.92. The number of hydrogen-bond acceptors (Lipinski definition) is 4. The fraction of sp³-hybridized carbons (Fsp3) is 0.375. The van der Waals surface area contributed by atoms with Gasteiger partial charge in [-0.25, -0.2) is 9.97 Å². The molecule has 0 unspecified atom stereocenters. The lowest BCUT2D eigenvalue weighted by atomic mass is 10.1. The zero-order chi connectivity index (χ0) is 14.2. The minimum Gasteiger partial charge on any atom is -0.475 e. The number of aromatic nitrogens is 2. The van der Waals surface area contributed by atoms with Gasteiger partial charge in [0.15, 0.2) is 0 Å². The Labute approximate surface area is 120 Å². The minimum absolute atomic E-state index is 0.121. The van der Waals surface area contributed by atoms with Crippen molar-refractivity contribution in [2.24, 2.45) is 0 Å². The molecule has 0 saturated carbocycles. The molecule has 1 aromatic heterocycles. The Bertz CT molecular complexity index is 514. The van der Waals surface area contributed by atoms with Gasteiger partial charge in [0.1, 0.15) is 12.1 Å². The largest absolute Gasteiger partial charge is 0.475 e. The van der Waals surface area contributed by atoms with Crippen molar-refractivity contribution in [3.63, 3.8) is 0 Å². The normalized spacial score (nSPS) is 10.6. The van der Waals surface area contributed by atoms with E-state index in [9.17, 15) is 0 Å². The van der Waals surface area contributed by atoms with Crippen molar-refractivity contribution in [3.05, 3.63) is 48.3 Å². The number of ether oxygens (including phenoxy) is 1. The maximum absolute atomic E-state index is 5.54. The summed E-state index contributed by atoms with van der Waals surface area (Å²) in [7, 11) is 0. The first-order valence-corrected chi connectivity index (χ1v) is 7.00. The number of anilines is 1. The van der Waals surface area contributed by atoms with E-state index in [2.05, 4.69) is 39.6 Å². The molecular formula is C16H21N3O. The van der Waals surface area contributed by atoms with Crippen molar-refractivity contribution < 1.29 is 4.74 Å². The number of rotatable bonds is 7. The highest BCUT2D eigenvalue weighted by atomic mass is 16.5. The molecule has 4 nitrogen and oxygen atoms in total. The van der Waals surface area contributed by atoms with E-state index in [0.717, 1.165) is 25.2 Å². The van der Waals surface area contributed by atoms with Crippen molar-refractivity contribution in [2.45, 2.75) is 32.8 Å². The second kappa shape index (κ2) is 7.48. The average molecular weight is 271 g/mol. The van der Waals surface area contributed by atoms with E-state index >= 15 is 0 Å². The highest BCUT2D eigenvalue weighted by Crippen LogP contribution is 2.12. The van der Waals surface area contributed by atoms with Gasteiger partial charge in [0.25, 0.3) is 0 Å². The van der Waals surface area contributed by atoms with Gasteiger partial charge >= 0.3 is 0 Å². The molecule has 0 aliphatic rings. The van der Waals surface area contributed by atoms with Crippen LogP contribution in [0, 0.1) is 0 Å². The second-order valence-electron chi connectivity index (χ2n) is 4.92. The van der Waals surface area contributed by atoms with Crippen molar-refractivity contribution in [3.8, 4) is 5.88 Å². The SMILES string of the molecule is CC(C)Oc1cc(NCCCc2ccccc2)ncn1. The number of aryl methyl sites for hydroxylation is 1. The summed E-state index contributed by atoms with van der Waals surface area (Å²) < 4.78 is 5.54. The van der Waals surface area contributed by atoms with E-state index in [1.165, 1.54) is 11.9 Å². The Morgan fingerprint density at radius 3 is 2.70 bits per heavy atom. The molecule has 0 fully saturated rings. The molecule has 1 aromatic carbocycles. The van der Waals surface area contributed by atoms with Gasteiger partial charge in [-0.05, 0) is 32.3 Å². The van der Waals surface area contributed by atoms with Gasteiger partial charge in [-0.3, -0.25) is 0 Å². The molecule has 0 bridgehead atoms. The standard InChI is InChI=1S/C16H21N3O/c1-13(2)20-16-11-15(18-12-19-16)17-10-6-9-14-7-4-3-5-8-14/h3-5,7-8,11-13H,6,9-10H2,1-2H3,(H,17,18,19). The topological polar surface area (TPSA) is 47.0 Å². The molecule has 0 aliphatic carbocycles. The average Bonchev–Trinajstić information content (AvgIpc) is 2.44. The Morgan fingerprint density at radius 1 is 1.15 bits per heavy atom. The van der Waals surface area contributed by atoms with Crippen molar-refractivity contribution >= 4 is 5.82 Å². The van der Waals surface area contributed by atoms with Crippen LogP contribution in [0.1, 0.15) is 25.8 Å². The highest BCUT2D eigenvalue weighted by molar-refractivity contribution is 5.37. The lowest BCUT2D eigenvalue weighted by Crippen LogP contribution is -2.09. The summed E-state index contributed by atoms with van der Waals surface area (Å²) in [4.78, 5) is 8.27. The fourth-order valence-electron chi connectivity index (χ4n) is 1.90. The van der Waals surface area contributed by atoms with Gasteiger partial charge in [-0.15, -0.1) is 0 Å². The van der Waals surface area contributed by atoms with Crippen LogP contribution in [0.15, 0.2) is 42.7 Å². The molecule has 4 heteroatoms. The van der Waals surface area contributed by atoms with E-state index < -0.39 is 0 Å². The van der Waals surface area contributed by atoms with Crippen LogP contribution in [0.4, 0.5) is 5.82 Å². The van der Waals surface area contributed by atoms with Crippen LogP contribution in [0.2, 0.25) is 0 Å². The summed E-state index contributed by atoms with van der Waals surface area (Å²) in [5.74, 6) is 1.42. The molecule has 1 N–H and O–H groups in total. The molecule has 2 aromatic rings. The molecule has 0 amide bonds. The smallest absolute Gasteiger partial charge is 0.218 e. The molecule has 0 atom stereocenters. The third-order valence-corrected chi connectivity index (χ3v) is 2.79. The first-order chi connectivity index (χ1) is 9.74. The monoisotopic (exact) mass is 271 g/mol.